The van der Waals surface area contributed by atoms with Gasteiger partial charge in [-0.05, 0) is 88.2 Å². The molecule has 2 N–H and O–H groups in total. The number of sulfonamides is 1. The Kier molecular flexibility index (Phi) is 13.1. The van der Waals surface area contributed by atoms with Gasteiger partial charge in [0.15, 0.2) is 0 Å². The number of carbonyl (C=O) groups excluding carboxylic acids is 1. The van der Waals surface area contributed by atoms with Crippen molar-refractivity contribution in [3.8, 4) is 11.5 Å². The zero-order valence-electron chi connectivity index (χ0n) is 28.1. The minimum absolute atomic E-state index is 0.0859. The Morgan fingerprint density at radius 1 is 1.06 bits per heavy atom. The molecule has 1 heterocycles. The summed E-state index contributed by atoms with van der Waals surface area (Å²) in [5.41, 5.74) is 1.62. The number of ether oxygens (including phenoxy) is 3. The van der Waals surface area contributed by atoms with Crippen molar-refractivity contribution in [2.45, 2.75) is 69.7 Å². The Labute approximate surface area is 279 Å². The third kappa shape index (κ3) is 10.2. The second kappa shape index (κ2) is 17.0. The van der Waals surface area contributed by atoms with E-state index >= 15 is 0 Å². The molecule has 3 aromatic rings. The van der Waals surface area contributed by atoms with Crippen LogP contribution in [0.3, 0.4) is 0 Å². The zero-order chi connectivity index (χ0) is 34.0. The van der Waals surface area contributed by atoms with E-state index < -0.39 is 16.1 Å². The lowest BCUT2D eigenvalue weighted by atomic mass is 10.0. The van der Waals surface area contributed by atoms with Gasteiger partial charge in [-0.2, -0.15) is 0 Å². The number of hydrogen-bond donors (Lipinski definition) is 2. The second-order valence-corrected chi connectivity index (χ2v) is 14.2. The molecule has 10 nitrogen and oxygen atoms in total. The molecule has 4 rings (SSSR count). The maximum Gasteiger partial charge on any atom is 0.261 e. The highest BCUT2D eigenvalue weighted by Gasteiger charge is 2.30. The average Bonchev–Trinajstić information content (AvgIpc) is 3.06. The predicted molar refractivity (Wildman–Crippen MR) is 183 cm³/mol. The molecule has 11 heteroatoms. The number of nitrogens with one attached hydrogen (secondary N) is 1. The summed E-state index contributed by atoms with van der Waals surface area (Å²) in [4.78, 5) is 18.3. The van der Waals surface area contributed by atoms with Crippen molar-refractivity contribution in [2.24, 2.45) is 5.92 Å². The van der Waals surface area contributed by atoms with Crippen LogP contribution in [-0.2, 0) is 21.3 Å². The van der Waals surface area contributed by atoms with Gasteiger partial charge < -0.3 is 24.2 Å². The fraction of sp³-hybridized carbons (Fsp3) is 0.472. The smallest absolute Gasteiger partial charge is 0.261 e. The number of nitrogens with zero attached hydrogens (tertiary/aromatic N) is 2. The highest BCUT2D eigenvalue weighted by atomic mass is 32.2. The zero-order valence-corrected chi connectivity index (χ0v) is 28.9. The molecule has 0 aromatic heterocycles. The molecular formula is C36H49N3O7S. The molecule has 0 spiro atoms. The van der Waals surface area contributed by atoms with Crippen molar-refractivity contribution in [1.82, 2.24) is 9.80 Å². The molecule has 4 atom stereocenters. The van der Waals surface area contributed by atoms with Gasteiger partial charge in [-0.25, -0.2) is 8.42 Å². The first-order valence-electron chi connectivity index (χ1n) is 16.2. The van der Waals surface area contributed by atoms with Crippen LogP contribution in [0.1, 0.15) is 56.0 Å². The molecule has 1 aliphatic rings. The average molecular weight is 668 g/mol. The van der Waals surface area contributed by atoms with E-state index in [9.17, 15) is 18.3 Å². The van der Waals surface area contributed by atoms with Crippen molar-refractivity contribution in [1.29, 1.82) is 0 Å². The van der Waals surface area contributed by atoms with E-state index in [1.54, 1.807) is 49.3 Å². The van der Waals surface area contributed by atoms with Gasteiger partial charge in [0.05, 0.1) is 42.4 Å². The summed E-state index contributed by atoms with van der Waals surface area (Å²) in [5.74, 6) is 0.738. The van der Waals surface area contributed by atoms with E-state index in [0.717, 1.165) is 37.1 Å². The Morgan fingerprint density at radius 3 is 2.47 bits per heavy atom. The van der Waals surface area contributed by atoms with E-state index in [0.29, 0.717) is 25.4 Å². The van der Waals surface area contributed by atoms with Gasteiger partial charge in [0, 0.05) is 37.8 Å². The van der Waals surface area contributed by atoms with Gasteiger partial charge in [-0.15, -0.1) is 0 Å². The van der Waals surface area contributed by atoms with Crippen LogP contribution in [0, 0.1) is 5.92 Å². The number of carbonyl (C=O) groups is 1. The van der Waals surface area contributed by atoms with Crippen molar-refractivity contribution in [2.75, 3.05) is 45.2 Å². The molecule has 256 valence electrons. The molecular weight excluding hydrogens is 618 g/mol. The molecule has 0 unspecified atom stereocenters. The van der Waals surface area contributed by atoms with Gasteiger partial charge in [0.2, 0.25) is 0 Å². The Balaban J connectivity index is 1.62. The predicted octanol–water partition coefficient (Wildman–Crippen LogP) is 5.42. The third-order valence-electron chi connectivity index (χ3n) is 8.46. The summed E-state index contributed by atoms with van der Waals surface area (Å²) in [6.07, 6.45) is 2.14. The van der Waals surface area contributed by atoms with Crippen LogP contribution in [0.15, 0.2) is 77.7 Å². The Hall–Kier alpha value is -3.64. The number of amides is 1. The number of aliphatic hydroxyl groups is 1. The molecule has 0 saturated carbocycles. The van der Waals surface area contributed by atoms with Crippen LogP contribution in [0.5, 0.6) is 11.5 Å². The van der Waals surface area contributed by atoms with Crippen LogP contribution < -0.4 is 14.2 Å². The summed E-state index contributed by atoms with van der Waals surface area (Å²) >= 11 is 0. The highest BCUT2D eigenvalue weighted by Crippen LogP contribution is 2.29. The molecule has 0 fully saturated rings. The first-order valence-corrected chi connectivity index (χ1v) is 17.7. The van der Waals surface area contributed by atoms with E-state index in [2.05, 4.69) is 23.6 Å². The van der Waals surface area contributed by atoms with Crippen molar-refractivity contribution in [3.05, 3.63) is 83.9 Å². The number of hydrogen-bond acceptors (Lipinski definition) is 8. The maximum atomic E-state index is 14.4. The molecule has 47 heavy (non-hydrogen) atoms. The number of aliphatic hydroxyl groups excluding tert-OH is 1. The number of fused-ring (bicyclic) bond motifs is 1. The van der Waals surface area contributed by atoms with Crippen LogP contribution in [-0.4, -0.2) is 87.9 Å². The summed E-state index contributed by atoms with van der Waals surface area (Å²) < 4.78 is 46.9. The highest BCUT2D eigenvalue weighted by molar-refractivity contribution is 7.92. The summed E-state index contributed by atoms with van der Waals surface area (Å²) in [7, 11) is -0.185. The molecule has 0 radical (unpaired) electrons. The molecule has 1 aliphatic heterocycles. The lowest BCUT2D eigenvalue weighted by molar-refractivity contribution is -0.0177. The fourth-order valence-corrected chi connectivity index (χ4v) is 6.75. The first-order chi connectivity index (χ1) is 22.5. The third-order valence-corrected chi connectivity index (χ3v) is 9.86. The van der Waals surface area contributed by atoms with E-state index in [4.69, 9.17) is 14.2 Å². The summed E-state index contributed by atoms with van der Waals surface area (Å²) in [5, 5.41) is 10.2. The van der Waals surface area contributed by atoms with Gasteiger partial charge >= 0.3 is 0 Å². The fourth-order valence-electron chi connectivity index (χ4n) is 5.68. The number of benzene rings is 3. The van der Waals surface area contributed by atoms with Crippen LogP contribution >= 0.6 is 0 Å². The minimum atomic E-state index is -3.89. The summed E-state index contributed by atoms with van der Waals surface area (Å²) in [6, 6.07) is 20.3. The lowest BCUT2D eigenvalue weighted by Crippen LogP contribution is -2.47. The maximum absolute atomic E-state index is 14.4. The van der Waals surface area contributed by atoms with Crippen LogP contribution in [0.2, 0.25) is 0 Å². The van der Waals surface area contributed by atoms with Crippen molar-refractivity contribution < 1.29 is 32.5 Å². The number of rotatable bonds is 10. The molecule has 0 aliphatic carbocycles. The first kappa shape index (κ1) is 36.2. The van der Waals surface area contributed by atoms with Crippen LogP contribution in [0.4, 0.5) is 5.69 Å². The normalized spacial score (nSPS) is 20.5. The van der Waals surface area contributed by atoms with Gasteiger partial charge in [-0.1, -0.05) is 37.3 Å². The standard InChI is InChI=1S/C36H49N3O7S/c1-26-22-39(27(2)25-40)36(41)33-21-30(37-47(42,43)32-12-7-6-8-13-32)16-19-34(33)46-28(3)11-9-10-20-45-35(26)24-38(4)23-29-14-17-31(44-5)18-15-29/h6-8,12-19,21,26-28,35,37,40H,9-11,20,22-25H2,1-5H3/t26-,27-,28+,35+/m0/s1. The molecule has 0 bridgehead atoms. The number of methoxy groups -OCH3 is 1. The topological polar surface area (TPSA) is 118 Å². The summed E-state index contributed by atoms with van der Waals surface area (Å²) in [6.45, 7) is 7.84. The Bertz CT molecular complexity index is 1540. The largest absolute Gasteiger partial charge is 0.497 e. The van der Waals surface area contributed by atoms with E-state index in [1.165, 1.54) is 18.2 Å². The minimum Gasteiger partial charge on any atom is -0.497 e. The Morgan fingerprint density at radius 2 is 1.79 bits per heavy atom. The van der Waals surface area contributed by atoms with E-state index in [1.807, 2.05) is 31.2 Å². The van der Waals surface area contributed by atoms with Crippen molar-refractivity contribution in [3.63, 3.8) is 0 Å². The quantitative estimate of drug-likeness (QED) is 0.294. The monoisotopic (exact) mass is 667 g/mol. The molecule has 0 saturated heterocycles. The SMILES string of the molecule is COc1ccc(CN(C)C[C@H]2OCCCC[C@@H](C)Oc3ccc(NS(=O)(=O)c4ccccc4)cc3C(=O)N([C@@H](C)CO)C[C@@H]2C)cc1. The number of anilines is 1. The van der Waals surface area contributed by atoms with Crippen LogP contribution in [0.25, 0.3) is 0 Å². The molecule has 3 aromatic carbocycles. The van der Waals surface area contributed by atoms with Gasteiger partial charge in [0.1, 0.15) is 11.5 Å². The van der Waals surface area contributed by atoms with Gasteiger partial charge in [-0.3, -0.25) is 14.4 Å². The van der Waals surface area contributed by atoms with E-state index in [-0.39, 0.29) is 46.8 Å². The molecule has 1 amide bonds. The lowest BCUT2D eigenvalue weighted by Gasteiger charge is -2.36. The number of likely N-dealkylation sites (N-methyl/N-ethyl adjacent to an activating group) is 1. The second-order valence-electron chi connectivity index (χ2n) is 12.5. The van der Waals surface area contributed by atoms with Crippen molar-refractivity contribution >= 4 is 21.6 Å². The van der Waals surface area contributed by atoms with Gasteiger partial charge in [0.25, 0.3) is 15.9 Å².